The maximum Gasteiger partial charge on any atom is 0.303 e. The van der Waals surface area contributed by atoms with Gasteiger partial charge in [-0.2, -0.15) is 0 Å². The SMILES string of the molecule is Cc1cccc(OCC(=O)NC(C)(C)CCC(=O)O)c1C. The molecule has 0 bridgehead atoms. The molecule has 0 spiro atoms. The zero-order chi connectivity index (χ0) is 16.0. The van der Waals surface area contributed by atoms with Gasteiger partial charge in [0, 0.05) is 12.0 Å². The molecule has 5 heteroatoms. The summed E-state index contributed by atoms with van der Waals surface area (Å²) in [5, 5.41) is 11.5. The first kappa shape index (κ1) is 17.0. The third kappa shape index (κ3) is 5.85. The molecule has 0 aliphatic carbocycles. The fourth-order valence-electron chi connectivity index (χ4n) is 1.92. The van der Waals surface area contributed by atoms with Crippen LogP contribution in [0.25, 0.3) is 0 Å². The molecule has 0 radical (unpaired) electrons. The molecule has 0 atom stereocenters. The molecule has 1 rings (SSSR count). The smallest absolute Gasteiger partial charge is 0.303 e. The van der Waals surface area contributed by atoms with Crippen molar-refractivity contribution in [1.29, 1.82) is 0 Å². The molecule has 0 unspecified atom stereocenters. The van der Waals surface area contributed by atoms with Crippen molar-refractivity contribution in [3.8, 4) is 5.75 Å². The summed E-state index contributed by atoms with van der Waals surface area (Å²) in [4.78, 5) is 22.5. The Morgan fingerprint density at radius 2 is 1.95 bits per heavy atom. The van der Waals surface area contributed by atoms with E-state index in [4.69, 9.17) is 9.84 Å². The van der Waals surface area contributed by atoms with Crippen molar-refractivity contribution in [3.63, 3.8) is 0 Å². The monoisotopic (exact) mass is 293 g/mol. The number of aliphatic carboxylic acids is 1. The molecule has 0 aliphatic heterocycles. The largest absolute Gasteiger partial charge is 0.483 e. The predicted octanol–water partition coefficient (Wildman–Crippen LogP) is 2.44. The van der Waals surface area contributed by atoms with E-state index in [1.54, 1.807) is 13.8 Å². The quantitative estimate of drug-likeness (QED) is 0.809. The molecular formula is C16H23NO4. The van der Waals surface area contributed by atoms with E-state index in [-0.39, 0.29) is 18.9 Å². The Hall–Kier alpha value is -2.04. The van der Waals surface area contributed by atoms with Crippen LogP contribution in [-0.4, -0.2) is 29.1 Å². The minimum Gasteiger partial charge on any atom is -0.483 e. The van der Waals surface area contributed by atoms with Crippen LogP contribution < -0.4 is 10.1 Å². The molecule has 0 fully saturated rings. The Morgan fingerprint density at radius 1 is 1.29 bits per heavy atom. The average Bonchev–Trinajstić information content (AvgIpc) is 2.38. The number of rotatable bonds is 7. The minimum absolute atomic E-state index is 0.0190. The highest BCUT2D eigenvalue weighted by Gasteiger charge is 2.21. The van der Waals surface area contributed by atoms with Crippen molar-refractivity contribution in [2.24, 2.45) is 0 Å². The Morgan fingerprint density at radius 3 is 2.57 bits per heavy atom. The maximum atomic E-state index is 11.9. The van der Waals surface area contributed by atoms with Crippen LogP contribution in [0.5, 0.6) is 5.75 Å². The molecule has 1 aromatic rings. The number of aryl methyl sites for hydroxylation is 1. The van der Waals surface area contributed by atoms with Gasteiger partial charge in [0.05, 0.1) is 0 Å². The summed E-state index contributed by atoms with van der Waals surface area (Å²) in [5.41, 5.74) is 1.55. The van der Waals surface area contributed by atoms with Crippen LogP contribution >= 0.6 is 0 Å². The van der Waals surface area contributed by atoms with Gasteiger partial charge >= 0.3 is 5.97 Å². The van der Waals surface area contributed by atoms with Gasteiger partial charge in [-0.15, -0.1) is 0 Å². The number of hydrogen-bond acceptors (Lipinski definition) is 3. The number of benzene rings is 1. The second kappa shape index (κ2) is 7.11. The molecule has 21 heavy (non-hydrogen) atoms. The highest BCUT2D eigenvalue weighted by Crippen LogP contribution is 2.20. The Labute approximate surface area is 125 Å². The standard InChI is InChI=1S/C16H23NO4/c1-11-6-5-7-13(12(11)2)21-10-14(18)17-16(3,4)9-8-15(19)20/h5-7H,8-10H2,1-4H3,(H,17,18)(H,19,20). The fraction of sp³-hybridized carbons (Fsp3) is 0.500. The predicted molar refractivity (Wildman–Crippen MR) is 80.5 cm³/mol. The number of carboxylic acids is 1. The third-order valence-corrected chi connectivity index (χ3v) is 3.36. The third-order valence-electron chi connectivity index (χ3n) is 3.36. The summed E-state index contributed by atoms with van der Waals surface area (Å²) < 4.78 is 5.52. The first-order valence-electron chi connectivity index (χ1n) is 6.93. The Bertz CT molecular complexity index is 523. The molecule has 0 saturated heterocycles. The molecule has 0 saturated carbocycles. The summed E-state index contributed by atoms with van der Waals surface area (Å²) >= 11 is 0. The molecule has 1 amide bonds. The number of ether oxygens (including phenoxy) is 1. The highest BCUT2D eigenvalue weighted by atomic mass is 16.5. The van der Waals surface area contributed by atoms with Gasteiger partial charge in [0.1, 0.15) is 5.75 Å². The molecule has 2 N–H and O–H groups in total. The van der Waals surface area contributed by atoms with Crippen LogP contribution in [0.15, 0.2) is 18.2 Å². The fourth-order valence-corrected chi connectivity index (χ4v) is 1.92. The number of amides is 1. The molecular weight excluding hydrogens is 270 g/mol. The molecule has 1 aromatic carbocycles. The summed E-state index contributed by atoms with van der Waals surface area (Å²) in [7, 11) is 0. The zero-order valence-electron chi connectivity index (χ0n) is 13.0. The number of carboxylic acid groups (broad SMARTS) is 1. The van der Waals surface area contributed by atoms with Crippen LogP contribution in [-0.2, 0) is 9.59 Å². The van der Waals surface area contributed by atoms with E-state index in [9.17, 15) is 9.59 Å². The number of nitrogens with one attached hydrogen (secondary N) is 1. The van der Waals surface area contributed by atoms with Crippen LogP contribution in [0.3, 0.4) is 0 Å². The van der Waals surface area contributed by atoms with Crippen LogP contribution in [0.4, 0.5) is 0 Å². The van der Waals surface area contributed by atoms with E-state index in [1.165, 1.54) is 0 Å². The van der Waals surface area contributed by atoms with Gasteiger partial charge in [-0.3, -0.25) is 9.59 Å². The lowest BCUT2D eigenvalue weighted by atomic mass is 9.98. The zero-order valence-corrected chi connectivity index (χ0v) is 13.0. The first-order chi connectivity index (χ1) is 9.71. The van der Waals surface area contributed by atoms with Crippen molar-refractivity contribution in [3.05, 3.63) is 29.3 Å². The number of carbonyl (C=O) groups is 2. The van der Waals surface area contributed by atoms with Gasteiger partial charge in [0.25, 0.3) is 5.91 Å². The van der Waals surface area contributed by atoms with Crippen molar-refractivity contribution in [2.75, 3.05) is 6.61 Å². The topological polar surface area (TPSA) is 75.6 Å². The van der Waals surface area contributed by atoms with Crippen LogP contribution in [0.1, 0.15) is 37.8 Å². The molecule has 0 heterocycles. The van der Waals surface area contributed by atoms with Gasteiger partial charge in [-0.05, 0) is 51.3 Å². The van der Waals surface area contributed by atoms with Gasteiger partial charge < -0.3 is 15.2 Å². The molecule has 0 aliphatic rings. The molecule has 0 aromatic heterocycles. The number of hydrogen-bond donors (Lipinski definition) is 2. The molecule has 116 valence electrons. The second-order valence-electron chi connectivity index (χ2n) is 5.81. The van der Waals surface area contributed by atoms with Crippen molar-refractivity contribution >= 4 is 11.9 Å². The lowest BCUT2D eigenvalue weighted by Gasteiger charge is -2.25. The van der Waals surface area contributed by atoms with E-state index in [1.807, 2.05) is 32.0 Å². The lowest BCUT2D eigenvalue weighted by molar-refractivity contribution is -0.138. The summed E-state index contributed by atoms with van der Waals surface area (Å²) in [6, 6.07) is 5.69. The van der Waals surface area contributed by atoms with E-state index < -0.39 is 11.5 Å². The second-order valence-corrected chi connectivity index (χ2v) is 5.81. The summed E-state index contributed by atoms with van der Waals surface area (Å²) in [6.07, 6.45) is 0.392. The van der Waals surface area contributed by atoms with Gasteiger partial charge in [0.2, 0.25) is 0 Å². The van der Waals surface area contributed by atoms with Gasteiger partial charge in [0.15, 0.2) is 6.61 Å². The van der Waals surface area contributed by atoms with E-state index in [0.717, 1.165) is 11.1 Å². The van der Waals surface area contributed by atoms with Crippen LogP contribution in [0, 0.1) is 13.8 Å². The van der Waals surface area contributed by atoms with Crippen molar-refractivity contribution in [1.82, 2.24) is 5.32 Å². The van der Waals surface area contributed by atoms with Crippen LogP contribution in [0.2, 0.25) is 0 Å². The maximum absolute atomic E-state index is 11.9. The van der Waals surface area contributed by atoms with Gasteiger partial charge in [-0.1, -0.05) is 12.1 Å². The van der Waals surface area contributed by atoms with E-state index in [0.29, 0.717) is 12.2 Å². The van der Waals surface area contributed by atoms with E-state index in [2.05, 4.69) is 5.32 Å². The summed E-state index contributed by atoms with van der Waals surface area (Å²) in [5.74, 6) is -0.441. The van der Waals surface area contributed by atoms with E-state index >= 15 is 0 Å². The summed E-state index contributed by atoms with van der Waals surface area (Å²) in [6.45, 7) is 7.44. The Kier molecular flexibility index (Phi) is 5.76. The number of carbonyl (C=O) groups excluding carboxylic acids is 1. The van der Waals surface area contributed by atoms with Gasteiger partial charge in [-0.25, -0.2) is 0 Å². The minimum atomic E-state index is -0.871. The Balaban J connectivity index is 2.50. The van der Waals surface area contributed by atoms with Crippen molar-refractivity contribution in [2.45, 2.75) is 46.1 Å². The average molecular weight is 293 g/mol. The lowest BCUT2D eigenvalue weighted by Crippen LogP contribution is -2.45. The normalized spacial score (nSPS) is 11.0. The molecule has 5 nitrogen and oxygen atoms in total. The highest BCUT2D eigenvalue weighted by molar-refractivity contribution is 5.78. The van der Waals surface area contributed by atoms with Crippen molar-refractivity contribution < 1.29 is 19.4 Å². The first-order valence-corrected chi connectivity index (χ1v) is 6.93.